The van der Waals surface area contributed by atoms with Gasteiger partial charge in [-0.1, -0.05) is 13.8 Å². The van der Waals surface area contributed by atoms with Crippen molar-refractivity contribution < 1.29 is 28.2 Å². The summed E-state index contributed by atoms with van der Waals surface area (Å²) in [6, 6.07) is -1.02. The summed E-state index contributed by atoms with van der Waals surface area (Å²) < 4.78 is 29.8. The smallest absolute Gasteiger partial charge is 0.407 e. The van der Waals surface area contributed by atoms with Crippen LogP contribution in [0.25, 0.3) is 0 Å². The number of alkyl halides is 2. The average Bonchev–Trinajstić information content (AvgIpc) is 2.21. The molecule has 7 heteroatoms. The van der Waals surface area contributed by atoms with E-state index in [0.717, 1.165) is 0 Å². The van der Waals surface area contributed by atoms with Crippen molar-refractivity contribution in [2.45, 2.75) is 45.1 Å². The van der Waals surface area contributed by atoms with Gasteiger partial charge in [0.2, 0.25) is 5.92 Å². The Kier molecular flexibility index (Phi) is 5.08. The second-order valence-electron chi connectivity index (χ2n) is 5.39. The third-order valence-electron chi connectivity index (χ3n) is 2.92. The Morgan fingerprint density at radius 1 is 1.42 bits per heavy atom. The Morgan fingerprint density at radius 3 is 2.42 bits per heavy atom. The maximum atomic E-state index is 12.5. The molecule has 1 aliphatic rings. The third kappa shape index (κ3) is 5.40. The van der Waals surface area contributed by atoms with Crippen molar-refractivity contribution in [1.82, 2.24) is 5.32 Å². The highest BCUT2D eigenvalue weighted by Gasteiger charge is 2.45. The standard InChI is InChI=1S/C12H19F2NO4/c1-7(2)3-9(10(16)17)15-11(18)19-6-8-4-12(13,14)5-8/h7-9H,3-6H2,1-2H3,(H,15,18)(H,16,17)/t9-/m0/s1. The molecule has 1 amide bonds. The Balaban J connectivity index is 2.27. The van der Waals surface area contributed by atoms with Crippen LogP contribution in [0, 0.1) is 11.8 Å². The molecule has 0 aliphatic heterocycles. The molecule has 1 atom stereocenters. The van der Waals surface area contributed by atoms with Gasteiger partial charge >= 0.3 is 12.1 Å². The predicted octanol–water partition coefficient (Wildman–Crippen LogP) is 2.26. The SMILES string of the molecule is CC(C)C[C@H](NC(=O)OCC1CC(F)(F)C1)C(=O)O. The molecule has 1 rings (SSSR count). The molecule has 2 N–H and O–H groups in total. The largest absolute Gasteiger partial charge is 0.480 e. The van der Waals surface area contributed by atoms with E-state index in [4.69, 9.17) is 9.84 Å². The van der Waals surface area contributed by atoms with E-state index in [2.05, 4.69) is 5.32 Å². The fourth-order valence-corrected chi connectivity index (χ4v) is 1.97. The number of carbonyl (C=O) groups excluding carboxylic acids is 1. The summed E-state index contributed by atoms with van der Waals surface area (Å²) >= 11 is 0. The molecule has 0 heterocycles. The van der Waals surface area contributed by atoms with Gasteiger partial charge < -0.3 is 15.2 Å². The van der Waals surface area contributed by atoms with Gasteiger partial charge in [-0.05, 0) is 12.3 Å². The number of amides is 1. The van der Waals surface area contributed by atoms with Gasteiger partial charge in [-0.3, -0.25) is 0 Å². The van der Waals surface area contributed by atoms with Crippen molar-refractivity contribution in [1.29, 1.82) is 0 Å². The zero-order valence-corrected chi connectivity index (χ0v) is 11.0. The lowest BCUT2D eigenvalue weighted by Gasteiger charge is -2.34. The summed E-state index contributed by atoms with van der Waals surface area (Å²) in [5.74, 6) is -4.02. The number of nitrogens with one attached hydrogen (secondary N) is 1. The molecule has 0 aromatic rings. The molecule has 0 bridgehead atoms. The highest BCUT2D eigenvalue weighted by molar-refractivity contribution is 5.79. The second kappa shape index (κ2) is 6.16. The van der Waals surface area contributed by atoms with E-state index in [1.54, 1.807) is 0 Å². The van der Waals surface area contributed by atoms with Gasteiger partial charge in [0.1, 0.15) is 6.04 Å². The molecule has 0 aromatic carbocycles. The summed E-state index contributed by atoms with van der Waals surface area (Å²) in [4.78, 5) is 22.3. The number of hydrogen-bond acceptors (Lipinski definition) is 3. The Hall–Kier alpha value is -1.40. The minimum absolute atomic E-state index is 0.102. The van der Waals surface area contributed by atoms with E-state index in [0.29, 0.717) is 0 Å². The zero-order valence-electron chi connectivity index (χ0n) is 11.0. The van der Waals surface area contributed by atoms with Crippen molar-refractivity contribution in [2.24, 2.45) is 11.8 Å². The molecule has 0 saturated heterocycles. The maximum Gasteiger partial charge on any atom is 0.407 e. The first-order valence-corrected chi connectivity index (χ1v) is 6.23. The van der Waals surface area contributed by atoms with Gasteiger partial charge in [-0.25, -0.2) is 18.4 Å². The fraction of sp³-hybridized carbons (Fsp3) is 0.833. The van der Waals surface area contributed by atoms with Crippen molar-refractivity contribution in [3.63, 3.8) is 0 Å². The van der Waals surface area contributed by atoms with Gasteiger partial charge in [0.05, 0.1) is 6.61 Å². The topological polar surface area (TPSA) is 75.6 Å². The van der Waals surface area contributed by atoms with Crippen molar-refractivity contribution in [3.8, 4) is 0 Å². The van der Waals surface area contributed by atoms with E-state index < -0.39 is 24.0 Å². The van der Waals surface area contributed by atoms with Crippen LogP contribution in [0.3, 0.4) is 0 Å². The monoisotopic (exact) mass is 279 g/mol. The highest BCUT2D eigenvalue weighted by atomic mass is 19.3. The Labute approximate surface area is 110 Å². The van der Waals surface area contributed by atoms with E-state index in [1.807, 2.05) is 13.8 Å². The first-order valence-electron chi connectivity index (χ1n) is 6.23. The van der Waals surface area contributed by atoms with E-state index >= 15 is 0 Å². The fourth-order valence-electron chi connectivity index (χ4n) is 1.97. The third-order valence-corrected chi connectivity index (χ3v) is 2.92. The minimum Gasteiger partial charge on any atom is -0.480 e. The van der Waals surface area contributed by atoms with Crippen LogP contribution in [0.5, 0.6) is 0 Å². The first kappa shape index (κ1) is 15.7. The van der Waals surface area contributed by atoms with Crippen LogP contribution in [-0.2, 0) is 9.53 Å². The lowest BCUT2D eigenvalue weighted by Crippen LogP contribution is -2.44. The summed E-state index contributed by atoms with van der Waals surface area (Å²) in [5.41, 5.74) is 0. The molecule has 0 spiro atoms. The summed E-state index contributed by atoms with van der Waals surface area (Å²) in [6.07, 6.45) is -1.15. The van der Waals surface area contributed by atoms with Crippen LogP contribution in [0.1, 0.15) is 33.1 Å². The number of rotatable bonds is 6. The Bertz CT molecular complexity index is 339. The second-order valence-corrected chi connectivity index (χ2v) is 5.39. The maximum absolute atomic E-state index is 12.5. The van der Waals surface area contributed by atoms with E-state index in [9.17, 15) is 18.4 Å². The first-order chi connectivity index (χ1) is 8.69. The summed E-state index contributed by atoms with van der Waals surface area (Å²) in [5, 5.41) is 11.1. The molecule has 0 aromatic heterocycles. The minimum atomic E-state index is -2.65. The van der Waals surface area contributed by atoms with Crippen LogP contribution in [0.15, 0.2) is 0 Å². The van der Waals surface area contributed by atoms with Gasteiger partial charge in [0, 0.05) is 18.8 Å². The van der Waals surface area contributed by atoms with Crippen LogP contribution in [0.4, 0.5) is 13.6 Å². The number of alkyl carbamates (subject to hydrolysis) is 1. The number of carboxylic acid groups (broad SMARTS) is 1. The van der Waals surface area contributed by atoms with Crippen molar-refractivity contribution >= 4 is 12.1 Å². The molecule has 110 valence electrons. The van der Waals surface area contributed by atoms with Crippen molar-refractivity contribution in [2.75, 3.05) is 6.61 Å². The molecular formula is C12H19F2NO4. The Morgan fingerprint density at radius 2 is 2.00 bits per heavy atom. The number of ether oxygens (including phenoxy) is 1. The lowest BCUT2D eigenvalue weighted by molar-refractivity contribution is -0.139. The number of aliphatic carboxylic acids is 1. The lowest BCUT2D eigenvalue weighted by atomic mass is 9.82. The van der Waals surface area contributed by atoms with Gasteiger partial charge in [-0.2, -0.15) is 0 Å². The number of carbonyl (C=O) groups is 2. The van der Waals surface area contributed by atoms with Crippen LogP contribution in [0.2, 0.25) is 0 Å². The van der Waals surface area contributed by atoms with Crippen LogP contribution < -0.4 is 5.32 Å². The molecule has 5 nitrogen and oxygen atoms in total. The molecule has 1 aliphatic carbocycles. The number of hydrogen-bond donors (Lipinski definition) is 2. The van der Waals surface area contributed by atoms with E-state index in [-0.39, 0.29) is 37.7 Å². The van der Waals surface area contributed by atoms with Crippen LogP contribution in [-0.4, -0.2) is 35.7 Å². The molecule has 19 heavy (non-hydrogen) atoms. The van der Waals surface area contributed by atoms with Crippen LogP contribution >= 0.6 is 0 Å². The van der Waals surface area contributed by atoms with Crippen molar-refractivity contribution in [3.05, 3.63) is 0 Å². The molecule has 0 radical (unpaired) electrons. The highest BCUT2D eigenvalue weighted by Crippen LogP contribution is 2.42. The average molecular weight is 279 g/mol. The summed E-state index contributed by atoms with van der Waals surface area (Å²) in [6.45, 7) is 3.56. The normalized spacial score (nSPS) is 19.6. The number of halogens is 2. The molecule has 1 fully saturated rings. The van der Waals surface area contributed by atoms with Gasteiger partial charge in [-0.15, -0.1) is 0 Å². The molecule has 0 unspecified atom stereocenters. The number of carboxylic acids is 1. The van der Waals surface area contributed by atoms with Gasteiger partial charge in [0.15, 0.2) is 0 Å². The zero-order chi connectivity index (χ0) is 14.6. The quantitative estimate of drug-likeness (QED) is 0.782. The van der Waals surface area contributed by atoms with Gasteiger partial charge in [0.25, 0.3) is 0 Å². The summed E-state index contributed by atoms with van der Waals surface area (Å²) in [7, 11) is 0. The predicted molar refractivity (Wildman–Crippen MR) is 63.0 cm³/mol. The van der Waals surface area contributed by atoms with E-state index in [1.165, 1.54) is 0 Å². The molecular weight excluding hydrogens is 260 g/mol. The molecule has 1 saturated carbocycles.